The van der Waals surface area contributed by atoms with Crippen LogP contribution in [-0.4, -0.2) is 55.9 Å². The summed E-state index contributed by atoms with van der Waals surface area (Å²) < 4.78 is 23.0. The van der Waals surface area contributed by atoms with Gasteiger partial charge in [0, 0.05) is 20.2 Å². The molecule has 1 aromatic carbocycles. The van der Waals surface area contributed by atoms with Gasteiger partial charge in [0.2, 0.25) is 0 Å². The molecule has 0 bridgehead atoms. The highest BCUT2D eigenvalue weighted by Gasteiger charge is 2.14. The summed E-state index contributed by atoms with van der Waals surface area (Å²) >= 11 is 5.79. The molecule has 0 fully saturated rings. The van der Waals surface area contributed by atoms with Gasteiger partial charge in [0.25, 0.3) is 5.91 Å². The maximum atomic E-state index is 12.9. The third-order valence-electron chi connectivity index (χ3n) is 2.53. The summed E-state index contributed by atoms with van der Waals surface area (Å²) in [6, 6.07) is 3.66. The van der Waals surface area contributed by atoms with E-state index < -0.39 is 5.82 Å². The molecule has 0 aromatic heterocycles. The van der Waals surface area contributed by atoms with Gasteiger partial charge in [-0.15, -0.1) is 0 Å². The maximum Gasteiger partial charge on any atom is 0.260 e. The largest absolute Gasteiger partial charge is 0.482 e. The lowest BCUT2D eigenvalue weighted by Gasteiger charge is -2.21. The molecule has 0 aliphatic heterocycles. The number of rotatable bonds is 8. The Morgan fingerprint density at radius 3 is 2.80 bits per heavy atom. The first-order valence-electron chi connectivity index (χ1n) is 6.04. The summed E-state index contributed by atoms with van der Waals surface area (Å²) in [6.07, 6.45) is 0. The van der Waals surface area contributed by atoms with E-state index in [1.165, 1.54) is 24.1 Å². The van der Waals surface area contributed by atoms with E-state index in [4.69, 9.17) is 26.2 Å². The molecule has 1 N–H and O–H groups in total. The summed E-state index contributed by atoms with van der Waals surface area (Å²) in [7, 11) is 1.52. The van der Waals surface area contributed by atoms with Gasteiger partial charge in [-0.25, -0.2) is 4.39 Å². The van der Waals surface area contributed by atoms with Gasteiger partial charge >= 0.3 is 0 Å². The lowest BCUT2D eigenvalue weighted by Crippen LogP contribution is -2.39. The highest BCUT2D eigenvalue weighted by atomic mass is 35.5. The summed E-state index contributed by atoms with van der Waals surface area (Å²) in [5, 5.41) is 9.01. The van der Waals surface area contributed by atoms with E-state index in [1.807, 2.05) is 0 Å². The maximum absolute atomic E-state index is 12.9. The number of hydrogen-bond donors (Lipinski definition) is 1. The van der Waals surface area contributed by atoms with E-state index in [1.54, 1.807) is 0 Å². The average molecular weight is 306 g/mol. The number of methoxy groups -OCH3 is 1. The second-order valence-electron chi connectivity index (χ2n) is 3.96. The van der Waals surface area contributed by atoms with Crippen LogP contribution in [0.5, 0.6) is 5.75 Å². The highest BCUT2D eigenvalue weighted by molar-refractivity contribution is 6.32. The normalized spacial score (nSPS) is 10.4. The minimum absolute atomic E-state index is 0.100. The summed E-state index contributed by atoms with van der Waals surface area (Å²) in [6.45, 7) is 0.532. The van der Waals surface area contributed by atoms with Gasteiger partial charge in [0.05, 0.1) is 18.2 Å². The van der Waals surface area contributed by atoms with Gasteiger partial charge in [-0.1, -0.05) is 11.6 Å². The van der Waals surface area contributed by atoms with Crippen molar-refractivity contribution >= 4 is 17.5 Å². The topological polar surface area (TPSA) is 59.0 Å². The molecule has 0 heterocycles. The Kier molecular flexibility index (Phi) is 7.28. The van der Waals surface area contributed by atoms with Crippen molar-refractivity contribution in [1.82, 2.24) is 4.90 Å². The van der Waals surface area contributed by atoms with E-state index in [2.05, 4.69) is 0 Å². The number of aliphatic hydroxyl groups is 1. The van der Waals surface area contributed by atoms with Gasteiger partial charge in [-0.05, 0) is 18.2 Å². The molecule has 0 saturated heterocycles. The third kappa shape index (κ3) is 5.32. The van der Waals surface area contributed by atoms with Crippen LogP contribution in [0.1, 0.15) is 0 Å². The molecular weight excluding hydrogens is 289 g/mol. The van der Waals surface area contributed by atoms with E-state index in [0.29, 0.717) is 13.2 Å². The number of ether oxygens (including phenoxy) is 2. The fourth-order valence-electron chi connectivity index (χ4n) is 1.51. The van der Waals surface area contributed by atoms with Crippen LogP contribution in [-0.2, 0) is 9.53 Å². The van der Waals surface area contributed by atoms with Crippen LogP contribution in [0, 0.1) is 5.82 Å². The Bertz CT molecular complexity index is 444. The number of aliphatic hydroxyl groups excluding tert-OH is 1. The van der Waals surface area contributed by atoms with Crippen LogP contribution in [0.3, 0.4) is 0 Å². The zero-order chi connectivity index (χ0) is 15.0. The van der Waals surface area contributed by atoms with Crippen molar-refractivity contribution in [2.75, 3.05) is 40.0 Å². The Morgan fingerprint density at radius 1 is 1.45 bits per heavy atom. The number of hydrogen-bond acceptors (Lipinski definition) is 4. The van der Waals surface area contributed by atoms with Crippen molar-refractivity contribution in [1.29, 1.82) is 0 Å². The van der Waals surface area contributed by atoms with Gasteiger partial charge < -0.3 is 19.5 Å². The monoisotopic (exact) mass is 305 g/mol. The lowest BCUT2D eigenvalue weighted by atomic mass is 10.3. The molecule has 1 aromatic rings. The minimum Gasteiger partial charge on any atom is -0.482 e. The number of carbonyl (C=O) groups is 1. The van der Waals surface area contributed by atoms with Gasteiger partial charge in [-0.2, -0.15) is 0 Å². The SMILES string of the molecule is COCCN(CCO)C(=O)COc1ccc(F)cc1Cl. The Balaban J connectivity index is 2.55. The van der Waals surface area contributed by atoms with Crippen LogP contribution in [0.4, 0.5) is 4.39 Å². The molecule has 20 heavy (non-hydrogen) atoms. The first kappa shape index (κ1) is 16.7. The Hall–Kier alpha value is -1.37. The standard InChI is InChI=1S/C13H17ClFNO4/c1-19-7-5-16(4-6-17)13(18)9-20-12-3-2-10(15)8-11(12)14/h2-3,8,17H,4-7,9H2,1H3. The van der Waals surface area contributed by atoms with Crippen molar-refractivity contribution in [2.45, 2.75) is 0 Å². The molecule has 112 valence electrons. The van der Waals surface area contributed by atoms with Crippen LogP contribution >= 0.6 is 11.6 Å². The van der Waals surface area contributed by atoms with Crippen molar-refractivity contribution in [3.63, 3.8) is 0 Å². The van der Waals surface area contributed by atoms with Crippen LogP contribution in [0.15, 0.2) is 18.2 Å². The van der Waals surface area contributed by atoms with E-state index >= 15 is 0 Å². The Morgan fingerprint density at radius 2 is 2.20 bits per heavy atom. The quantitative estimate of drug-likeness (QED) is 0.787. The number of nitrogens with zero attached hydrogens (tertiary/aromatic N) is 1. The number of benzene rings is 1. The van der Waals surface area contributed by atoms with Gasteiger partial charge in [-0.3, -0.25) is 4.79 Å². The van der Waals surface area contributed by atoms with E-state index in [0.717, 1.165) is 6.07 Å². The molecule has 0 unspecified atom stereocenters. The van der Waals surface area contributed by atoms with Crippen LogP contribution < -0.4 is 4.74 Å². The van der Waals surface area contributed by atoms with E-state index in [9.17, 15) is 9.18 Å². The smallest absolute Gasteiger partial charge is 0.260 e. The van der Waals surface area contributed by atoms with Crippen molar-refractivity contribution in [3.8, 4) is 5.75 Å². The van der Waals surface area contributed by atoms with Crippen LogP contribution in [0.25, 0.3) is 0 Å². The Labute approximate surface area is 121 Å². The number of amides is 1. The molecule has 0 saturated carbocycles. The van der Waals surface area contributed by atoms with Gasteiger partial charge in [0.15, 0.2) is 6.61 Å². The average Bonchev–Trinajstić information content (AvgIpc) is 2.42. The molecule has 0 atom stereocenters. The fraction of sp³-hybridized carbons (Fsp3) is 0.462. The summed E-state index contributed by atoms with van der Waals surface area (Å²) in [4.78, 5) is 13.3. The van der Waals surface area contributed by atoms with Crippen molar-refractivity contribution in [2.24, 2.45) is 0 Å². The first-order valence-corrected chi connectivity index (χ1v) is 6.41. The molecule has 0 aliphatic rings. The fourth-order valence-corrected chi connectivity index (χ4v) is 1.73. The van der Waals surface area contributed by atoms with Crippen LogP contribution in [0.2, 0.25) is 5.02 Å². The molecule has 0 radical (unpaired) electrons. The summed E-state index contributed by atoms with van der Waals surface area (Å²) in [5.74, 6) is -0.552. The number of halogens is 2. The van der Waals surface area contributed by atoms with E-state index in [-0.39, 0.29) is 36.4 Å². The minimum atomic E-state index is -0.476. The van der Waals surface area contributed by atoms with Crippen molar-refractivity contribution in [3.05, 3.63) is 29.0 Å². The molecule has 1 amide bonds. The zero-order valence-electron chi connectivity index (χ0n) is 11.1. The van der Waals surface area contributed by atoms with Gasteiger partial charge in [0.1, 0.15) is 11.6 Å². The molecular formula is C13H17ClFNO4. The second-order valence-corrected chi connectivity index (χ2v) is 4.37. The second kappa shape index (κ2) is 8.73. The predicted molar refractivity (Wildman–Crippen MR) is 72.4 cm³/mol. The molecule has 0 spiro atoms. The zero-order valence-corrected chi connectivity index (χ0v) is 11.9. The van der Waals surface area contributed by atoms with Crippen molar-refractivity contribution < 1.29 is 23.8 Å². The summed E-state index contributed by atoms with van der Waals surface area (Å²) in [5.41, 5.74) is 0. The number of carbonyl (C=O) groups excluding carboxylic acids is 1. The first-order chi connectivity index (χ1) is 9.58. The predicted octanol–water partition coefficient (Wildman–Crippen LogP) is 1.33. The molecule has 0 aliphatic carbocycles. The molecule has 1 rings (SSSR count). The lowest BCUT2D eigenvalue weighted by molar-refractivity contribution is -0.134. The third-order valence-corrected chi connectivity index (χ3v) is 2.83. The molecule has 5 nitrogen and oxygen atoms in total. The highest BCUT2D eigenvalue weighted by Crippen LogP contribution is 2.24. The molecule has 7 heteroatoms.